The third kappa shape index (κ3) is 10.2. The van der Waals surface area contributed by atoms with Crippen molar-refractivity contribution in [2.75, 3.05) is 19.8 Å². The fourth-order valence-electron chi connectivity index (χ4n) is 5.15. The van der Waals surface area contributed by atoms with Gasteiger partial charge in [-0.2, -0.15) is 0 Å². The Labute approximate surface area is 287 Å². The Morgan fingerprint density at radius 2 is 1.49 bits per heavy atom. The number of benzene rings is 1. The second kappa shape index (κ2) is 14.4. The van der Waals surface area contributed by atoms with Crippen LogP contribution in [0.25, 0.3) is 0 Å². The zero-order chi connectivity index (χ0) is 32.4. The van der Waals surface area contributed by atoms with E-state index in [0.29, 0.717) is 0 Å². The fourth-order valence-corrected chi connectivity index (χ4v) is 11.6. The lowest BCUT2D eigenvalue weighted by molar-refractivity contribution is -0.198. The number of hydrogen-bond donors (Lipinski definition) is 1. The quantitative estimate of drug-likeness (QED) is 0.174. The van der Waals surface area contributed by atoms with E-state index in [1.807, 2.05) is 71.9 Å². The molecule has 0 radical (unpaired) electrons. The largest absolute Gasteiger partial charge is 0.508 e. The summed E-state index contributed by atoms with van der Waals surface area (Å²) in [5.41, 5.74) is -0.819. The lowest BCUT2D eigenvalue weighted by Crippen LogP contribution is -2.73. The van der Waals surface area contributed by atoms with E-state index in [1.165, 1.54) is 11.8 Å². The molecule has 3 rings (SSSR count). The van der Waals surface area contributed by atoms with Crippen molar-refractivity contribution in [3.63, 3.8) is 0 Å². The van der Waals surface area contributed by atoms with Gasteiger partial charge in [0, 0.05) is 15.0 Å². The van der Waals surface area contributed by atoms with E-state index in [0.717, 1.165) is 4.90 Å². The molecule has 244 valence electrons. The molecule has 1 aromatic carbocycles. The second-order valence-corrected chi connectivity index (χ2v) is 23.0. The third-order valence-electron chi connectivity index (χ3n) is 6.61. The number of alkyl carbamates (subject to hydrolysis) is 1. The molecule has 0 saturated carbocycles. The number of fused-ring (bicyclic) bond motifs is 1. The summed E-state index contributed by atoms with van der Waals surface area (Å²) < 4.78 is 32.4. The minimum Gasteiger partial charge on any atom is -0.445 e. The van der Waals surface area contributed by atoms with Gasteiger partial charge in [-0.05, 0) is 12.1 Å². The Morgan fingerprint density at radius 1 is 0.930 bits per heavy atom. The molecule has 1 amide bonds. The first-order valence-electron chi connectivity index (χ1n) is 13.2. The number of hydrogen-bond acceptors (Lipinski definition) is 9. The molecule has 1 N–H and O–H groups in total. The van der Waals surface area contributed by atoms with Gasteiger partial charge in [-0.25, -0.2) is 9.59 Å². The highest BCUT2D eigenvalue weighted by Crippen LogP contribution is 2.55. The van der Waals surface area contributed by atoms with Crippen LogP contribution in [-0.2, 0) is 27.8 Å². The number of halogens is 6. The smallest absolute Gasteiger partial charge is 0.445 e. The van der Waals surface area contributed by atoms with E-state index in [1.54, 1.807) is 0 Å². The van der Waals surface area contributed by atoms with Gasteiger partial charge in [0.1, 0.15) is 36.9 Å². The van der Waals surface area contributed by atoms with Gasteiger partial charge in [-0.1, -0.05) is 141 Å². The number of thioether (sulfide) groups is 1. The van der Waals surface area contributed by atoms with Gasteiger partial charge in [0.05, 0.1) is 6.61 Å². The van der Waals surface area contributed by atoms with Crippen LogP contribution < -0.4 is 5.32 Å². The summed E-state index contributed by atoms with van der Waals surface area (Å²) in [6, 6.07) is 8.27. The maximum Gasteiger partial charge on any atom is 0.508 e. The maximum atomic E-state index is 13.0. The topological polar surface area (TPSA) is 102 Å². The van der Waals surface area contributed by atoms with Gasteiger partial charge >= 0.3 is 20.8 Å². The third-order valence-corrected chi connectivity index (χ3v) is 13.6. The van der Waals surface area contributed by atoms with Gasteiger partial charge in [-0.3, -0.25) is 0 Å². The van der Waals surface area contributed by atoms with Crippen LogP contribution in [-0.4, -0.2) is 78.0 Å². The molecule has 2 heterocycles. The molecule has 17 heteroatoms. The molecule has 2 aliphatic heterocycles. The summed E-state index contributed by atoms with van der Waals surface area (Å²) in [4.78, 5) is 26.8. The lowest BCUT2D eigenvalue weighted by Gasteiger charge is -2.57. The number of amides is 1. The summed E-state index contributed by atoms with van der Waals surface area (Å²) >= 11 is 36.0. The van der Waals surface area contributed by atoms with Crippen molar-refractivity contribution in [2.24, 2.45) is 0 Å². The van der Waals surface area contributed by atoms with Crippen molar-refractivity contribution in [1.82, 2.24) is 5.32 Å². The highest BCUT2D eigenvalue weighted by atomic mass is 35.6. The number of carbonyl (C=O) groups is 2. The van der Waals surface area contributed by atoms with Gasteiger partial charge in [0.2, 0.25) is 7.59 Å². The molecular weight excluding hydrogens is 727 g/mol. The first-order chi connectivity index (χ1) is 19.6. The van der Waals surface area contributed by atoms with Crippen LogP contribution >= 0.6 is 81.4 Å². The Kier molecular flexibility index (Phi) is 12.5. The Balaban J connectivity index is 2.04. The number of ether oxygens (including phenoxy) is 4. The Morgan fingerprint density at radius 3 is 2.02 bits per heavy atom. The highest BCUT2D eigenvalue weighted by Gasteiger charge is 2.65. The van der Waals surface area contributed by atoms with Crippen molar-refractivity contribution in [1.29, 1.82) is 0 Å². The SMILES string of the molecule is CC(C)(C)[Si]1(C(C)(C)C)OC[C@H]2O[C@H](Sc3ccccc3)[C@H](NC(=O)OCC(Cl)(Cl)Cl)[C@@H](OC(=O)OCC(Cl)(Cl)Cl)[C@H]2O1. The summed E-state index contributed by atoms with van der Waals surface area (Å²) in [6.45, 7) is 11.3. The van der Waals surface area contributed by atoms with Crippen LogP contribution in [0.2, 0.25) is 10.1 Å². The predicted molar refractivity (Wildman–Crippen MR) is 172 cm³/mol. The molecule has 0 spiro atoms. The first kappa shape index (κ1) is 37.4. The average molecular weight is 762 g/mol. The number of rotatable bonds is 6. The van der Waals surface area contributed by atoms with E-state index in [-0.39, 0.29) is 6.61 Å². The molecule has 5 atom stereocenters. The van der Waals surface area contributed by atoms with E-state index in [4.69, 9.17) is 97.4 Å². The predicted octanol–water partition coefficient (Wildman–Crippen LogP) is 8.32. The molecule has 9 nitrogen and oxygen atoms in total. The summed E-state index contributed by atoms with van der Waals surface area (Å²) in [5, 5.41) is 1.89. The normalized spacial score (nSPS) is 26.2. The summed E-state index contributed by atoms with van der Waals surface area (Å²) in [5.74, 6) is 0. The molecule has 0 unspecified atom stereocenters. The zero-order valence-corrected chi connectivity index (χ0v) is 30.7. The second-order valence-electron chi connectivity index (χ2n) is 12.1. The van der Waals surface area contributed by atoms with Gasteiger partial charge in [0.15, 0.2) is 6.10 Å². The standard InChI is InChI=1S/C26H35Cl6NO8SSi/c1-23(2,3)43(24(4,5)6)38-12-16-18(41-43)19(40-22(35)37-14-26(30,31)32)17(33-21(34)36-13-25(27,28)29)20(39-16)42-15-10-8-7-9-11-15/h7-11,16-20H,12-14H2,1-6H3,(H,33,34)/t16-,17-,18+,19-,20-/m1/s1. The molecule has 1 aromatic rings. The lowest BCUT2D eigenvalue weighted by atomic mass is 9.98. The van der Waals surface area contributed by atoms with Crippen molar-refractivity contribution < 1.29 is 37.4 Å². The van der Waals surface area contributed by atoms with Crippen LogP contribution in [0.4, 0.5) is 9.59 Å². The van der Waals surface area contributed by atoms with Crippen molar-refractivity contribution in [3.05, 3.63) is 30.3 Å². The van der Waals surface area contributed by atoms with E-state index in [2.05, 4.69) is 5.32 Å². The monoisotopic (exact) mass is 759 g/mol. The summed E-state index contributed by atoms with van der Waals surface area (Å²) in [7, 11) is -3.12. The van der Waals surface area contributed by atoms with Crippen LogP contribution in [0.1, 0.15) is 41.5 Å². The van der Waals surface area contributed by atoms with E-state index < -0.39 is 81.5 Å². The maximum absolute atomic E-state index is 13.0. The van der Waals surface area contributed by atoms with Crippen molar-refractivity contribution >= 4 is 102 Å². The van der Waals surface area contributed by atoms with Gasteiger partial charge < -0.3 is 33.1 Å². The number of carbonyl (C=O) groups excluding carboxylic acids is 2. The molecule has 43 heavy (non-hydrogen) atoms. The molecule has 0 aromatic heterocycles. The van der Waals surface area contributed by atoms with Crippen LogP contribution in [0, 0.1) is 0 Å². The van der Waals surface area contributed by atoms with E-state index >= 15 is 0 Å². The molecular formula is C26H35Cl6NO8SSi. The molecule has 0 bridgehead atoms. The summed E-state index contributed by atoms with van der Waals surface area (Å²) in [6.07, 6.45) is -4.82. The highest BCUT2D eigenvalue weighted by molar-refractivity contribution is 7.99. The van der Waals surface area contributed by atoms with Gasteiger partial charge in [0.25, 0.3) is 0 Å². The Hall–Kier alpha value is -0.0531. The average Bonchev–Trinajstić information content (AvgIpc) is 2.86. The van der Waals surface area contributed by atoms with Crippen molar-refractivity contribution in [2.45, 2.75) is 93.9 Å². The van der Waals surface area contributed by atoms with Crippen LogP contribution in [0.5, 0.6) is 0 Å². The van der Waals surface area contributed by atoms with Crippen molar-refractivity contribution in [3.8, 4) is 0 Å². The minimum atomic E-state index is -3.12. The molecule has 2 aliphatic rings. The zero-order valence-electron chi connectivity index (χ0n) is 24.3. The van der Waals surface area contributed by atoms with Crippen LogP contribution in [0.3, 0.4) is 0 Å². The minimum absolute atomic E-state index is 0.158. The molecule has 2 fully saturated rings. The Bertz CT molecular complexity index is 1100. The number of nitrogens with one attached hydrogen (secondary N) is 1. The van der Waals surface area contributed by atoms with E-state index in [9.17, 15) is 9.59 Å². The van der Waals surface area contributed by atoms with Crippen LogP contribution in [0.15, 0.2) is 35.2 Å². The molecule has 2 saturated heterocycles. The fraction of sp³-hybridized carbons (Fsp3) is 0.692. The molecule has 0 aliphatic carbocycles. The number of alkyl halides is 6. The first-order valence-corrected chi connectivity index (χ1v) is 18.2. The van der Waals surface area contributed by atoms with Gasteiger partial charge in [-0.15, -0.1) is 0 Å².